The Bertz CT molecular complexity index is 1260. The fourth-order valence-corrected chi connectivity index (χ4v) is 4.17. The van der Waals surface area contributed by atoms with Gasteiger partial charge in [0.05, 0.1) is 16.7 Å². The molecule has 1 aliphatic rings. The lowest BCUT2D eigenvalue weighted by Crippen LogP contribution is -2.41. The molecule has 1 aliphatic heterocycles. The first-order valence-corrected chi connectivity index (χ1v) is 12.4. The van der Waals surface area contributed by atoms with Gasteiger partial charge in [-0.25, -0.2) is 14.4 Å². The van der Waals surface area contributed by atoms with E-state index in [2.05, 4.69) is 0 Å². The summed E-state index contributed by atoms with van der Waals surface area (Å²) >= 11 is 24.0. The van der Waals surface area contributed by atoms with Gasteiger partial charge in [-0.2, -0.15) is 0 Å². The van der Waals surface area contributed by atoms with Gasteiger partial charge in [0.2, 0.25) is 0 Å². The predicted octanol–water partition coefficient (Wildman–Crippen LogP) is 6.22. The van der Waals surface area contributed by atoms with Gasteiger partial charge in [0.25, 0.3) is 0 Å². The van der Waals surface area contributed by atoms with Crippen molar-refractivity contribution in [2.24, 2.45) is 0 Å². The van der Waals surface area contributed by atoms with Gasteiger partial charge in [-0.3, -0.25) is 0 Å². The zero-order valence-corrected chi connectivity index (χ0v) is 21.8. The molecule has 4 atom stereocenters. The van der Waals surface area contributed by atoms with E-state index in [9.17, 15) is 14.4 Å². The average Bonchev–Trinajstić information content (AvgIpc) is 3.17. The van der Waals surface area contributed by atoms with E-state index in [1.807, 2.05) is 0 Å². The zero-order valence-electron chi connectivity index (χ0n) is 18.8. The third kappa shape index (κ3) is 6.94. The number of benzene rings is 3. The van der Waals surface area contributed by atoms with Crippen LogP contribution in [0.3, 0.4) is 0 Å². The normalized spacial score (nSPS) is 20.8. The Kier molecular flexibility index (Phi) is 8.95. The summed E-state index contributed by atoms with van der Waals surface area (Å²) < 4.78 is 22.2. The van der Waals surface area contributed by atoms with E-state index in [4.69, 9.17) is 65.4 Å². The summed E-state index contributed by atoms with van der Waals surface area (Å²) in [5, 5.41) is 1.33. The summed E-state index contributed by atoms with van der Waals surface area (Å²) in [5.41, 5.74) is -0.542. The molecule has 3 aromatic rings. The quantitative estimate of drug-likeness (QED) is 0.185. The third-order valence-electron chi connectivity index (χ3n) is 5.36. The lowest BCUT2D eigenvalue weighted by molar-refractivity contribution is -0.0435. The summed E-state index contributed by atoms with van der Waals surface area (Å²) in [7, 11) is 0. The van der Waals surface area contributed by atoms with Gasteiger partial charge < -0.3 is 18.9 Å². The van der Waals surface area contributed by atoms with Crippen LogP contribution in [0.2, 0.25) is 15.1 Å². The molecule has 7 nitrogen and oxygen atoms in total. The van der Waals surface area contributed by atoms with Crippen molar-refractivity contribution in [3.63, 3.8) is 0 Å². The Hall–Kier alpha value is -2.81. The summed E-state index contributed by atoms with van der Waals surface area (Å²) in [5.74, 6) is -2.13. The molecule has 1 saturated heterocycles. The SMILES string of the molecule is O=C(OC[C@H]1O[C@@H](Cl)[C@H](OC(=O)c2ccc(Cl)cc2)[C@@H]1OC(=O)c1ccc(Cl)cc1)c1ccc(Cl)cc1. The predicted molar refractivity (Wildman–Crippen MR) is 138 cm³/mol. The summed E-state index contributed by atoms with van der Waals surface area (Å²) in [6, 6.07) is 18.1. The second kappa shape index (κ2) is 12.2. The van der Waals surface area contributed by atoms with Crippen LogP contribution >= 0.6 is 46.4 Å². The Morgan fingerprint density at radius 2 is 1.00 bits per heavy atom. The minimum atomic E-state index is -1.21. The number of alkyl halides is 1. The highest BCUT2D eigenvalue weighted by atomic mass is 35.5. The lowest BCUT2D eigenvalue weighted by Gasteiger charge is -2.23. The van der Waals surface area contributed by atoms with Gasteiger partial charge in [0, 0.05) is 15.1 Å². The van der Waals surface area contributed by atoms with E-state index in [-0.39, 0.29) is 23.3 Å². The second-order valence-corrected chi connectivity index (χ2v) is 9.62. The van der Waals surface area contributed by atoms with Crippen molar-refractivity contribution in [2.75, 3.05) is 6.61 Å². The smallest absolute Gasteiger partial charge is 0.338 e. The molecule has 1 heterocycles. The van der Waals surface area contributed by atoms with Crippen LogP contribution in [0.25, 0.3) is 0 Å². The van der Waals surface area contributed by atoms with Crippen LogP contribution in [-0.4, -0.2) is 48.4 Å². The molecule has 0 radical (unpaired) electrons. The fourth-order valence-electron chi connectivity index (χ4n) is 3.46. The highest BCUT2D eigenvalue weighted by molar-refractivity contribution is 6.31. The Labute approximate surface area is 232 Å². The molecule has 192 valence electrons. The van der Waals surface area contributed by atoms with Crippen molar-refractivity contribution in [2.45, 2.75) is 23.9 Å². The highest BCUT2D eigenvalue weighted by Crippen LogP contribution is 2.31. The van der Waals surface area contributed by atoms with E-state index in [1.54, 1.807) is 12.1 Å². The maximum Gasteiger partial charge on any atom is 0.338 e. The van der Waals surface area contributed by atoms with Gasteiger partial charge >= 0.3 is 17.9 Å². The number of esters is 3. The molecule has 0 spiro atoms. The van der Waals surface area contributed by atoms with Gasteiger partial charge in [0.1, 0.15) is 12.7 Å². The second-order valence-electron chi connectivity index (χ2n) is 7.88. The molecule has 0 bridgehead atoms. The van der Waals surface area contributed by atoms with Crippen LogP contribution in [0.15, 0.2) is 72.8 Å². The number of hydrogen-bond acceptors (Lipinski definition) is 7. The molecule has 37 heavy (non-hydrogen) atoms. The van der Waals surface area contributed by atoms with Gasteiger partial charge in [-0.15, -0.1) is 0 Å². The van der Waals surface area contributed by atoms with E-state index in [0.717, 1.165) is 0 Å². The van der Waals surface area contributed by atoms with Gasteiger partial charge in [-0.05, 0) is 72.8 Å². The van der Waals surface area contributed by atoms with Crippen molar-refractivity contribution in [1.82, 2.24) is 0 Å². The van der Waals surface area contributed by atoms with Crippen LogP contribution in [0.5, 0.6) is 0 Å². The Morgan fingerprint density at radius 1 is 0.622 bits per heavy atom. The third-order valence-corrected chi connectivity index (χ3v) is 6.47. The molecule has 0 N–H and O–H groups in total. The van der Waals surface area contributed by atoms with E-state index < -0.39 is 41.8 Å². The van der Waals surface area contributed by atoms with E-state index in [1.165, 1.54) is 60.7 Å². The summed E-state index contributed by atoms with van der Waals surface area (Å²) in [6.07, 6.45) is -3.43. The molecule has 3 aromatic carbocycles. The monoisotopic (exact) mass is 582 g/mol. The topological polar surface area (TPSA) is 88.1 Å². The van der Waals surface area contributed by atoms with Crippen LogP contribution in [0.4, 0.5) is 0 Å². The molecule has 0 saturated carbocycles. The number of rotatable bonds is 7. The maximum atomic E-state index is 12.9. The van der Waals surface area contributed by atoms with Crippen molar-refractivity contribution >= 4 is 64.3 Å². The maximum absolute atomic E-state index is 12.9. The number of carbonyl (C=O) groups is 3. The van der Waals surface area contributed by atoms with E-state index >= 15 is 0 Å². The van der Waals surface area contributed by atoms with Crippen LogP contribution in [-0.2, 0) is 18.9 Å². The molecule has 0 aromatic heterocycles. The molecule has 1 fully saturated rings. The Balaban J connectivity index is 1.52. The molecule has 0 unspecified atom stereocenters. The molecule has 0 aliphatic carbocycles. The van der Waals surface area contributed by atoms with Crippen LogP contribution in [0.1, 0.15) is 31.1 Å². The number of hydrogen-bond donors (Lipinski definition) is 0. The van der Waals surface area contributed by atoms with E-state index in [0.29, 0.717) is 15.1 Å². The fraction of sp³-hybridized carbons (Fsp3) is 0.192. The summed E-state index contributed by atoms with van der Waals surface area (Å²) in [4.78, 5) is 38.1. The molecular formula is C26H18Cl4O7. The number of halogens is 4. The number of carbonyl (C=O) groups excluding carboxylic acids is 3. The number of ether oxygens (including phenoxy) is 4. The molecule has 11 heteroatoms. The van der Waals surface area contributed by atoms with Crippen LogP contribution in [0, 0.1) is 0 Å². The molecule has 0 amide bonds. The first-order chi connectivity index (χ1) is 17.7. The van der Waals surface area contributed by atoms with Crippen molar-refractivity contribution in [3.05, 3.63) is 105 Å². The lowest BCUT2D eigenvalue weighted by atomic mass is 10.1. The standard InChI is InChI=1S/C26H18Cl4O7/c27-17-7-1-14(2-8-17)24(31)34-13-20-21(36-25(32)15-3-9-18(28)10-4-15)22(23(30)35-20)37-26(33)16-5-11-19(29)12-6-16/h1-12,20-23H,13H2/t20-,21-,22-,23-/m1/s1. The first-order valence-electron chi connectivity index (χ1n) is 10.9. The first kappa shape index (κ1) is 27.2. The highest BCUT2D eigenvalue weighted by Gasteiger charge is 2.49. The minimum absolute atomic E-state index is 0.196. The van der Waals surface area contributed by atoms with Crippen LogP contribution < -0.4 is 0 Å². The molecular weight excluding hydrogens is 566 g/mol. The largest absolute Gasteiger partial charge is 0.459 e. The van der Waals surface area contributed by atoms with Crippen molar-refractivity contribution in [3.8, 4) is 0 Å². The van der Waals surface area contributed by atoms with Crippen molar-refractivity contribution in [1.29, 1.82) is 0 Å². The van der Waals surface area contributed by atoms with Gasteiger partial charge in [-0.1, -0.05) is 46.4 Å². The average molecular weight is 584 g/mol. The minimum Gasteiger partial charge on any atom is -0.459 e. The molecule has 4 rings (SSSR count). The summed E-state index contributed by atoms with van der Waals surface area (Å²) in [6.45, 7) is -0.335. The van der Waals surface area contributed by atoms with Gasteiger partial charge in [0.15, 0.2) is 17.8 Å². The van der Waals surface area contributed by atoms with Crippen molar-refractivity contribution < 1.29 is 33.3 Å². The Morgan fingerprint density at radius 3 is 1.43 bits per heavy atom. The zero-order chi connectivity index (χ0) is 26.5.